The fourth-order valence-corrected chi connectivity index (χ4v) is 1.68. The normalized spacial score (nSPS) is 11.7. The van der Waals surface area contributed by atoms with Gasteiger partial charge in [0.05, 0.1) is 6.10 Å². The Labute approximate surface area is 123 Å². The maximum absolute atomic E-state index is 5.84. The van der Waals surface area contributed by atoms with E-state index in [2.05, 4.69) is 20.5 Å². The Morgan fingerprint density at radius 1 is 1.38 bits per heavy atom. The molecule has 0 amide bonds. The van der Waals surface area contributed by atoms with Gasteiger partial charge in [0.2, 0.25) is 0 Å². The number of nitrogens with two attached hydrogens (primary N) is 1. The first-order chi connectivity index (χ1) is 10.0. The van der Waals surface area contributed by atoms with Crippen molar-refractivity contribution in [2.24, 2.45) is 17.8 Å². The van der Waals surface area contributed by atoms with Crippen molar-refractivity contribution < 1.29 is 4.74 Å². The first-order valence-electron chi connectivity index (χ1n) is 6.71. The Kier molecular flexibility index (Phi) is 4.76. The van der Waals surface area contributed by atoms with Crippen LogP contribution in [0.3, 0.4) is 0 Å². The maximum atomic E-state index is 5.84. The molecular formula is C14H20N6O. The molecule has 2 rings (SSSR count). The fourth-order valence-electron chi connectivity index (χ4n) is 1.68. The molecule has 21 heavy (non-hydrogen) atoms. The lowest BCUT2D eigenvalue weighted by molar-refractivity contribution is 0.242. The predicted molar refractivity (Wildman–Crippen MR) is 82.2 cm³/mol. The summed E-state index contributed by atoms with van der Waals surface area (Å²) in [5.74, 6) is 1.90. The molecule has 1 aromatic carbocycles. The van der Waals surface area contributed by atoms with Crippen LogP contribution in [0, 0.1) is 0 Å². The molecule has 0 bridgehead atoms. The highest BCUT2D eigenvalue weighted by Crippen LogP contribution is 2.16. The fraction of sp³-hybridized carbons (Fsp3) is 0.357. The summed E-state index contributed by atoms with van der Waals surface area (Å²) >= 11 is 0. The third-order valence-electron chi connectivity index (χ3n) is 2.69. The highest BCUT2D eigenvalue weighted by Gasteiger charge is 2.01. The van der Waals surface area contributed by atoms with Gasteiger partial charge in [-0.25, -0.2) is 4.99 Å². The molecule has 0 radical (unpaired) electrons. The van der Waals surface area contributed by atoms with E-state index in [1.165, 1.54) is 0 Å². The lowest BCUT2D eigenvalue weighted by Crippen LogP contribution is -2.22. The number of ether oxygens (including phenoxy) is 1. The van der Waals surface area contributed by atoms with Crippen LogP contribution in [0.25, 0.3) is 0 Å². The van der Waals surface area contributed by atoms with Gasteiger partial charge in [0.15, 0.2) is 11.8 Å². The first-order valence-corrected chi connectivity index (χ1v) is 6.71. The highest BCUT2D eigenvalue weighted by molar-refractivity contribution is 5.92. The minimum absolute atomic E-state index is 0.154. The van der Waals surface area contributed by atoms with Crippen LogP contribution in [0.15, 0.2) is 35.6 Å². The Morgan fingerprint density at radius 2 is 2.10 bits per heavy atom. The Hall–Kier alpha value is -2.57. The average Bonchev–Trinajstić information content (AvgIpc) is 2.84. The van der Waals surface area contributed by atoms with E-state index in [0.29, 0.717) is 12.5 Å². The molecule has 1 aromatic heterocycles. The summed E-state index contributed by atoms with van der Waals surface area (Å²) in [6.07, 6.45) is 1.78. The Bertz CT molecular complexity index is 602. The molecule has 112 valence electrons. The van der Waals surface area contributed by atoms with Crippen molar-refractivity contribution in [3.8, 4) is 5.75 Å². The maximum Gasteiger partial charge on any atom is 0.193 e. The summed E-state index contributed by atoms with van der Waals surface area (Å²) in [5.41, 5.74) is 6.69. The van der Waals surface area contributed by atoms with Crippen LogP contribution in [0.1, 0.15) is 19.7 Å². The summed E-state index contributed by atoms with van der Waals surface area (Å²) < 4.78 is 7.38. The number of nitrogens with one attached hydrogen (secondary N) is 1. The van der Waals surface area contributed by atoms with E-state index >= 15 is 0 Å². The second-order valence-corrected chi connectivity index (χ2v) is 4.88. The van der Waals surface area contributed by atoms with Crippen molar-refractivity contribution in [3.63, 3.8) is 0 Å². The first kappa shape index (κ1) is 14.8. The number of aliphatic imine (C=N–C) groups is 1. The van der Waals surface area contributed by atoms with Gasteiger partial charge in [0.25, 0.3) is 0 Å². The van der Waals surface area contributed by atoms with Gasteiger partial charge in [-0.3, -0.25) is 0 Å². The molecule has 1 heterocycles. The number of benzene rings is 1. The van der Waals surface area contributed by atoms with Crippen LogP contribution < -0.4 is 15.8 Å². The van der Waals surface area contributed by atoms with Crippen molar-refractivity contribution in [3.05, 3.63) is 36.4 Å². The second kappa shape index (κ2) is 6.74. The van der Waals surface area contributed by atoms with Crippen LogP contribution in [-0.4, -0.2) is 26.8 Å². The molecule has 0 fully saturated rings. The van der Waals surface area contributed by atoms with E-state index in [-0.39, 0.29) is 6.10 Å². The van der Waals surface area contributed by atoms with Crippen molar-refractivity contribution in [1.82, 2.24) is 14.8 Å². The zero-order valence-corrected chi connectivity index (χ0v) is 12.4. The molecule has 7 heteroatoms. The molecule has 0 saturated heterocycles. The number of anilines is 1. The molecular weight excluding hydrogens is 268 g/mol. The standard InChI is InChI=1S/C14H20N6O/c1-10(2)21-12-6-4-11(5-7-12)18-14(15)16-8-13-19-17-9-20(13)3/h4-7,9-10H,8H2,1-3H3,(H3,15,16,18). The molecule has 2 aromatic rings. The van der Waals surface area contributed by atoms with Crippen LogP contribution in [0.4, 0.5) is 5.69 Å². The van der Waals surface area contributed by atoms with Gasteiger partial charge in [-0.15, -0.1) is 10.2 Å². The van der Waals surface area contributed by atoms with Gasteiger partial charge in [-0.1, -0.05) is 0 Å². The van der Waals surface area contributed by atoms with Gasteiger partial charge < -0.3 is 20.4 Å². The van der Waals surface area contributed by atoms with Gasteiger partial charge in [-0.2, -0.15) is 0 Å². The van der Waals surface area contributed by atoms with Crippen LogP contribution in [0.2, 0.25) is 0 Å². The number of guanidine groups is 1. The largest absolute Gasteiger partial charge is 0.491 e. The molecule has 0 unspecified atom stereocenters. The summed E-state index contributed by atoms with van der Waals surface area (Å²) in [5, 5.41) is 10.7. The summed E-state index contributed by atoms with van der Waals surface area (Å²) in [7, 11) is 1.86. The van der Waals surface area contributed by atoms with E-state index in [4.69, 9.17) is 10.5 Å². The topological polar surface area (TPSA) is 90.3 Å². The van der Waals surface area contributed by atoms with E-state index in [9.17, 15) is 0 Å². The molecule has 0 aliphatic rings. The SMILES string of the molecule is CC(C)Oc1ccc(NC(N)=NCc2nncn2C)cc1. The van der Waals surface area contributed by atoms with Crippen LogP contribution in [0.5, 0.6) is 5.75 Å². The third kappa shape index (κ3) is 4.48. The van der Waals surface area contributed by atoms with E-state index in [0.717, 1.165) is 17.3 Å². The minimum atomic E-state index is 0.154. The minimum Gasteiger partial charge on any atom is -0.491 e. The molecule has 7 nitrogen and oxygen atoms in total. The van der Waals surface area contributed by atoms with Gasteiger partial charge in [0.1, 0.15) is 18.6 Å². The summed E-state index contributed by atoms with van der Waals surface area (Å²) in [6.45, 7) is 4.36. The van der Waals surface area contributed by atoms with Crippen molar-refractivity contribution in [1.29, 1.82) is 0 Å². The number of rotatable bonds is 5. The van der Waals surface area contributed by atoms with Crippen molar-refractivity contribution in [2.75, 3.05) is 5.32 Å². The van der Waals surface area contributed by atoms with Crippen molar-refractivity contribution >= 4 is 11.6 Å². The highest BCUT2D eigenvalue weighted by atomic mass is 16.5. The molecule has 0 aliphatic carbocycles. The average molecular weight is 288 g/mol. The van der Waals surface area contributed by atoms with E-state index in [1.54, 1.807) is 10.9 Å². The van der Waals surface area contributed by atoms with E-state index in [1.807, 2.05) is 45.2 Å². The molecule has 0 saturated carbocycles. The quantitative estimate of drug-likeness (QED) is 0.643. The van der Waals surface area contributed by atoms with Gasteiger partial charge >= 0.3 is 0 Å². The van der Waals surface area contributed by atoms with Crippen LogP contribution in [-0.2, 0) is 13.6 Å². The van der Waals surface area contributed by atoms with Gasteiger partial charge in [0, 0.05) is 12.7 Å². The molecule has 3 N–H and O–H groups in total. The second-order valence-electron chi connectivity index (χ2n) is 4.88. The lowest BCUT2D eigenvalue weighted by Gasteiger charge is -2.10. The smallest absolute Gasteiger partial charge is 0.193 e. The number of aryl methyl sites for hydroxylation is 1. The van der Waals surface area contributed by atoms with E-state index < -0.39 is 0 Å². The molecule has 0 spiro atoms. The Morgan fingerprint density at radius 3 is 2.67 bits per heavy atom. The summed E-state index contributed by atoms with van der Waals surface area (Å²) in [4.78, 5) is 4.22. The molecule has 0 atom stereocenters. The van der Waals surface area contributed by atoms with Crippen LogP contribution >= 0.6 is 0 Å². The predicted octanol–water partition coefficient (Wildman–Crippen LogP) is 1.53. The number of aromatic nitrogens is 3. The number of nitrogens with zero attached hydrogens (tertiary/aromatic N) is 4. The van der Waals surface area contributed by atoms with Gasteiger partial charge in [-0.05, 0) is 38.1 Å². The molecule has 0 aliphatic heterocycles. The Balaban J connectivity index is 1.93. The zero-order chi connectivity index (χ0) is 15.2. The third-order valence-corrected chi connectivity index (χ3v) is 2.69. The lowest BCUT2D eigenvalue weighted by atomic mass is 10.3. The number of hydrogen-bond donors (Lipinski definition) is 2. The monoisotopic (exact) mass is 288 g/mol. The summed E-state index contributed by atoms with van der Waals surface area (Å²) in [6, 6.07) is 7.56. The van der Waals surface area contributed by atoms with Crippen molar-refractivity contribution in [2.45, 2.75) is 26.5 Å². The number of hydrogen-bond acceptors (Lipinski definition) is 4. The zero-order valence-electron chi connectivity index (χ0n) is 12.4.